The van der Waals surface area contributed by atoms with E-state index in [1.165, 1.54) is 6.33 Å². The molecule has 28 heavy (non-hydrogen) atoms. The van der Waals surface area contributed by atoms with E-state index in [1.54, 1.807) is 17.9 Å². The summed E-state index contributed by atoms with van der Waals surface area (Å²) in [6.45, 7) is 5.44. The molecule has 0 radical (unpaired) electrons. The van der Waals surface area contributed by atoms with Crippen LogP contribution in [0.25, 0.3) is 11.0 Å². The summed E-state index contributed by atoms with van der Waals surface area (Å²) in [5, 5.41) is 18.7. The molecule has 1 saturated heterocycles. The first-order valence-electron chi connectivity index (χ1n) is 8.94. The SMILES string of the molecule is COc1c([C@H](C)n2nc(C)c3c(N)ncnc32)cc(Cl)c(C#N)c1C1CNC1. The summed E-state index contributed by atoms with van der Waals surface area (Å²) in [4.78, 5) is 8.44. The summed E-state index contributed by atoms with van der Waals surface area (Å²) >= 11 is 6.50. The summed E-state index contributed by atoms with van der Waals surface area (Å²) in [5.74, 6) is 1.25. The Balaban J connectivity index is 1.94. The fourth-order valence-electron chi connectivity index (χ4n) is 3.78. The van der Waals surface area contributed by atoms with Crippen LogP contribution in [0.3, 0.4) is 0 Å². The molecule has 9 heteroatoms. The van der Waals surface area contributed by atoms with E-state index >= 15 is 0 Å². The first kappa shape index (κ1) is 18.5. The van der Waals surface area contributed by atoms with Crippen LogP contribution in [0.1, 0.15) is 41.3 Å². The van der Waals surface area contributed by atoms with Gasteiger partial charge in [-0.25, -0.2) is 14.6 Å². The fraction of sp³-hybridized carbons (Fsp3) is 0.368. The van der Waals surface area contributed by atoms with Crippen LogP contribution in [0, 0.1) is 18.3 Å². The molecule has 0 bridgehead atoms. The minimum absolute atomic E-state index is 0.184. The molecule has 8 nitrogen and oxygen atoms in total. The van der Waals surface area contributed by atoms with Crippen molar-refractivity contribution >= 4 is 28.5 Å². The summed E-state index contributed by atoms with van der Waals surface area (Å²) in [6, 6.07) is 3.78. The van der Waals surface area contributed by atoms with Gasteiger partial charge in [-0.2, -0.15) is 10.4 Å². The lowest BCUT2D eigenvalue weighted by Gasteiger charge is -2.31. The molecular weight excluding hydrogens is 378 g/mol. The number of hydrogen-bond acceptors (Lipinski definition) is 7. The van der Waals surface area contributed by atoms with Crippen LogP contribution in [0.2, 0.25) is 5.02 Å². The van der Waals surface area contributed by atoms with Crippen molar-refractivity contribution < 1.29 is 4.74 Å². The highest BCUT2D eigenvalue weighted by atomic mass is 35.5. The highest BCUT2D eigenvalue weighted by molar-refractivity contribution is 6.32. The molecular formula is C19H20ClN7O. The molecule has 1 aliphatic heterocycles. The van der Waals surface area contributed by atoms with Crippen molar-refractivity contribution in [2.24, 2.45) is 0 Å². The lowest BCUT2D eigenvalue weighted by Crippen LogP contribution is -2.40. The van der Waals surface area contributed by atoms with Gasteiger partial charge in [-0.1, -0.05) is 11.6 Å². The van der Waals surface area contributed by atoms with Gasteiger partial charge < -0.3 is 15.8 Å². The van der Waals surface area contributed by atoms with Gasteiger partial charge in [0, 0.05) is 30.1 Å². The number of aromatic nitrogens is 4. The molecule has 1 atom stereocenters. The zero-order chi connectivity index (χ0) is 20.0. The molecule has 3 aromatic rings. The van der Waals surface area contributed by atoms with Gasteiger partial charge in [-0.15, -0.1) is 0 Å². The molecule has 0 unspecified atom stereocenters. The molecule has 1 aromatic carbocycles. The Morgan fingerprint density at radius 1 is 1.43 bits per heavy atom. The fourth-order valence-corrected chi connectivity index (χ4v) is 4.04. The Bertz CT molecular complexity index is 1110. The number of methoxy groups -OCH3 is 1. The first-order valence-corrected chi connectivity index (χ1v) is 9.32. The van der Waals surface area contributed by atoms with E-state index in [1.807, 2.05) is 13.8 Å². The number of nitriles is 1. The van der Waals surface area contributed by atoms with Gasteiger partial charge in [0.2, 0.25) is 0 Å². The van der Waals surface area contributed by atoms with E-state index in [2.05, 4.69) is 26.5 Å². The standard InChI is InChI=1S/C19H20ClN7O/c1-9-15-18(22)24-8-25-19(15)27(26-9)10(2)12-4-14(20)13(5-21)16(17(12)28-3)11-6-23-7-11/h4,8,10-11,23H,6-7H2,1-3H3,(H2,22,24,25)/t10-/m0/s1. The van der Waals surface area contributed by atoms with Crippen LogP contribution in [0.5, 0.6) is 5.75 Å². The van der Waals surface area contributed by atoms with Gasteiger partial charge >= 0.3 is 0 Å². The van der Waals surface area contributed by atoms with E-state index in [0.29, 0.717) is 27.8 Å². The first-order chi connectivity index (χ1) is 13.5. The van der Waals surface area contributed by atoms with Crippen molar-refractivity contribution in [1.82, 2.24) is 25.1 Å². The predicted octanol–water partition coefficient (Wildman–Crippen LogP) is 2.55. The van der Waals surface area contributed by atoms with Gasteiger partial charge in [0.25, 0.3) is 0 Å². The van der Waals surface area contributed by atoms with Crippen molar-refractivity contribution in [1.29, 1.82) is 5.26 Å². The minimum Gasteiger partial charge on any atom is -0.496 e. The molecule has 3 heterocycles. The molecule has 1 aliphatic rings. The Morgan fingerprint density at radius 2 is 2.18 bits per heavy atom. The number of fused-ring (bicyclic) bond motifs is 1. The van der Waals surface area contributed by atoms with Gasteiger partial charge in [0.05, 0.1) is 34.8 Å². The molecule has 2 aromatic heterocycles. The molecule has 144 valence electrons. The number of nitrogens with one attached hydrogen (secondary N) is 1. The summed E-state index contributed by atoms with van der Waals surface area (Å²) < 4.78 is 7.58. The highest BCUT2D eigenvalue weighted by Crippen LogP contribution is 2.42. The third-order valence-electron chi connectivity index (χ3n) is 5.31. The number of halogens is 1. The minimum atomic E-state index is -0.238. The van der Waals surface area contributed by atoms with Crippen LogP contribution in [-0.2, 0) is 0 Å². The lowest BCUT2D eigenvalue weighted by atomic mass is 9.86. The zero-order valence-electron chi connectivity index (χ0n) is 15.8. The second kappa shape index (κ2) is 6.93. The van der Waals surface area contributed by atoms with E-state index in [4.69, 9.17) is 22.1 Å². The molecule has 1 fully saturated rings. The van der Waals surface area contributed by atoms with Gasteiger partial charge in [0.15, 0.2) is 5.65 Å². The number of ether oxygens (including phenoxy) is 1. The molecule has 4 rings (SSSR count). The third kappa shape index (κ3) is 2.66. The van der Waals surface area contributed by atoms with Gasteiger partial charge in [0.1, 0.15) is 24.0 Å². The maximum absolute atomic E-state index is 9.65. The zero-order valence-corrected chi connectivity index (χ0v) is 16.6. The number of hydrogen-bond donors (Lipinski definition) is 2. The Hall–Kier alpha value is -2.89. The van der Waals surface area contributed by atoms with E-state index in [0.717, 1.165) is 35.3 Å². The van der Waals surface area contributed by atoms with Crippen molar-refractivity contribution in [3.63, 3.8) is 0 Å². The molecule has 0 aliphatic carbocycles. The number of nitrogens with zero attached hydrogens (tertiary/aromatic N) is 5. The van der Waals surface area contributed by atoms with E-state index in [-0.39, 0.29) is 12.0 Å². The Labute approximate surface area is 167 Å². The van der Waals surface area contributed by atoms with E-state index in [9.17, 15) is 5.26 Å². The topological polar surface area (TPSA) is 115 Å². The van der Waals surface area contributed by atoms with Crippen LogP contribution < -0.4 is 15.8 Å². The van der Waals surface area contributed by atoms with Crippen molar-refractivity contribution in [3.05, 3.63) is 39.8 Å². The number of nitrogens with two attached hydrogens (primary N) is 1. The third-order valence-corrected chi connectivity index (χ3v) is 5.61. The highest BCUT2D eigenvalue weighted by Gasteiger charge is 2.31. The van der Waals surface area contributed by atoms with Crippen molar-refractivity contribution in [2.75, 3.05) is 25.9 Å². The number of anilines is 1. The average molecular weight is 398 g/mol. The molecule has 0 saturated carbocycles. The van der Waals surface area contributed by atoms with Crippen LogP contribution >= 0.6 is 11.6 Å². The van der Waals surface area contributed by atoms with Crippen LogP contribution in [-0.4, -0.2) is 39.9 Å². The average Bonchev–Trinajstić information content (AvgIpc) is 2.97. The Morgan fingerprint density at radius 3 is 2.79 bits per heavy atom. The van der Waals surface area contributed by atoms with Crippen molar-refractivity contribution in [2.45, 2.75) is 25.8 Å². The number of benzene rings is 1. The largest absolute Gasteiger partial charge is 0.496 e. The normalized spacial score (nSPS) is 15.2. The summed E-state index contributed by atoms with van der Waals surface area (Å²) in [6.07, 6.45) is 1.43. The molecule has 0 spiro atoms. The molecule has 0 amide bonds. The number of nitrogen functional groups attached to an aromatic ring is 1. The number of rotatable bonds is 4. The smallest absolute Gasteiger partial charge is 0.164 e. The van der Waals surface area contributed by atoms with Crippen LogP contribution in [0.4, 0.5) is 5.82 Å². The van der Waals surface area contributed by atoms with Crippen LogP contribution in [0.15, 0.2) is 12.4 Å². The quantitative estimate of drug-likeness (QED) is 0.695. The van der Waals surface area contributed by atoms with E-state index < -0.39 is 0 Å². The predicted molar refractivity (Wildman–Crippen MR) is 107 cm³/mol. The lowest BCUT2D eigenvalue weighted by molar-refractivity contribution is 0.375. The number of aryl methyl sites for hydroxylation is 1. The van der Waals surface area contributed by atoms with Gasteiger partial charge in [-0.05, 0) is 19.9 Å². The summed E-state index contributed by atoms with van der Waals surface area (Å²) in [5.41, 5.74) is 9.58. The van der Waals surface area contributed by atoms with Gasteiger partial charge in [-0.3, -0.25) is 0 Å². The maximum atomic E-state index is 9.65. The monoisotopic (exact) mass is 397 g/mol. The van der Waals surface area contributed by atoms with Crippen molar-refractivity contribution in [3.8, 4) is 11.8 Å². The second-order valence-electron chi connectivity index (χ2n) is 6.90. The second-order valence-corrected chi connectivity index (χ2v) is 7.31. The Kier molecular flexibility index (Phi) is 4.57. The summed E-state index contributed by atoms with van der Waals surface area (Å²) in [7, 11) is 1.61. The maximum Gasteiger partial charge on any atom is 0.164 e. The molecule has 3 N–H and O–H groups in total.